The molecule has 2 aromatic heterocycles. The summed E-state index contributed by atoms with van der Waals surface area (Å²) >= 11 is 0. The van der Waals surface area contributed by atoms with E-state index in [0.717, 1.165) is 33.9 Å². The molecule has 0 amide bonds. The van der Waals surface area contributed by atoms with E-state index in [4.69, 9.17) is 4.42 Å². The third-order valence-electron chi connectivity index (χ3n) is 13.2. The van der Waals surface area contributed by atoms with E-state index in [2.05, 4.69) is 222 Å². The van der Waals surface area contributed by atoms with E-state index in [-0.39, 0.29) is 0 Å². The monoisotopic (exact) mass is 796 g/mol. The lowest BCUT2D eigenvalue weighted by molar-refractivity contribution is 0.667. The normalized spacial score (nSPS) is 13.2. The summed E-state index contributed by atoms with van der Waals surface area (Å²) in [6, 6.07) is 77.2. The summed E-state index contributed by atoms with van der Waals surface area (Å²) in [6.45, 7) is 0. The first-order chi connectivity index (χ1) is 30.7. The molecule has 3 heteroatoms. The van der Waals surface area contributed by atoms with Crippen molar-refractivity contribution in [1.29, 1.82) is 0 Å². The first-order valence-electron chi connectivity index (χ1n) is 21.9. The molecule has 0 spiro atoms. The minimum Gasteiger partial charge on any atom is -0.456 e. The van der Waals surface area contributed by atoms with E-state index >= 15 is 0 Å². The fourth-order valence-electron chi connectivity index (χ4n) is 9.98. The third-order valence-corrected chi connectivity index (χ3v) is 13.2. The zero-order chi connectivity index (χ0) is 41.0. The third kappa shape index (κ3) is 6.37. The SMILES string of the molecule is c1ccc(-c2ccc(N(c3ccc(-c4ccccc4)cc3)c3ccc(-c4ccc5c(c4)c4ccccc4n5-c4ccc5oc6ccc(C7CCCC7)cc6c5c4)cc3)cc2)cc1. The number of fused-ring (bicyclic) bond motifs is 6. The van der Waals surface area contributed by atoms with Gasteiger partial charge in [-0.1, -0.05) is 140 Å². The number of furan rings is 1. The number of benzene rings is 9. The summed E-state index contributed by atoms with van der Waals surface area (Å²) in [5.41, 5.74) is 17.4. The Morgan fingerprint density at radius 3 is 1.47 bits per heavy atom. The van der Waals surface area contributed by atoms with Crippen molar-refractivity contribution in [2.45, 2.75) is 31.6 Å². The summed E-state index contributed by atoms with van der Waals surface area (Å²) in [4.78, 5) is 2.35. The molecule has 3 nitrogen and oxygen atoms in total. The fourth-order valence-corrected chi connectivity index (χ4v) is 9.98. The van der Waals surface area contributed by atoms with Crippen LogP contribution < -0.4 is 4.90 Å². The number of nitrogens with zero attached hydrogens (tertiary/aromatic N) is 2. The number of hydrogen-bond donors (Lipinski definition) is 0. The molecular weight excluding hydrogens is 753 g/mol. The molecule has 9 aromatic carbocycles. The van der Waals surface area contributed by atoms with Gasteiger partial charge in [-0.3, -0.25) is 0 Å². The van der Waals surface area contributed by atoms with Gasteiger partial charge in [-0.15, -0.1) is 0 Å². The van der Waals surface area contributed by atoms with E-state index in [9.17, 15) is 0 Å². The first kappa shape index (κ1) is 36.2. The van der Waals surface area contributed by atoms with Gasteiger partial charge in [0.2, 0.25) is 0 Å². The van der Waals surface area contributed by atoms with Crippen LogP contribution in [0.3, 0.4) is 0 Å². The summed E-state index contributed by atoms with van der Waals surface area (Å²) in [5.74, 6) is 0.657. The number of anilines is 3. The molecule has 0 unspecified atom stereocenters. The zero-order valence-electron chi connectivity index (χ0n) is 34.4. The molecule has 11 aromatic rings. The summed E-state index contributed by atoms with van der Waals surface area (Å²) in [5, 5.41) is 4.87. The molecule has 62 heavy (non-hydrogen) atoms. The second-order valence-electron chi connectivity index (χ2n) is 16.8. The van der Waals surface area contributed by atoms with Crippen molar-refractivity contribution in [2.75, 3.05) is 4.90 Å². The molecule has 12 rings (SSSR count). The molecule has 0 bridgehead atoms. The van der Waals surface area contributed by atoms with Crippen molar-refractivity contribution < 1.29 is 4.42 Å². The van der Waals surface area contributed by atoms with Crippen LogP contribution in [0.25, 0.3) is 82.8 Å². The van der Waals surface area contributed by atoms with Crippen molar-refractivity contribution >= 4 is 60.8 Å². The van der Waals surface area contributed by atoms with Gasteiger partial charge < -0.3 is 13.9 Å². The molecule has 0 atom stereocenters. The van der Waals surface area contributed by atoms with Crippen LogP contribution >= 0.6 is 0 Å². The van der Waals surface area contributed by atoms with Crippen LogP contribution in [0.5, 0.6) is 0 Å². The minimum absolute atomic E-state index is 0.657. The van der Waals surface area contributed by atoms with Crippen LogP contribution in [0.15, 0.2) is 217 Å². The molecule has 1 saturated carbocycles. The lowest BCUT2D eigenvalue weighted by Crippen LogP contribution is -2.09. The van der Waals surface area contributed by atoms with Crippen LogP contribution in [0, 0.1) is 0 Å². The van der Waals surface area contributed by atoms with Gasteiger partial charge in [0.15, 0.2) is 0 Å². The Bertz CT molecular complexity index is 3290. The highest BCUT2D eigenvalue weighted by Crippen LogP contribution is 2.42. The van der Waals surface area contributed by atoms with Crippen molar-refractivity contribution in [1.82, 2.24) is 4.57 Å². The molecule has 1 aliphatic carbocycles. The van der Waals surface area contributed by atoms with Gasteiger partial charge in [0.05, 0.1) is 11.0 Å². The van der Waals surface area contributed by atoms with Crippen molar-refractivity contribution in [3.8, 4) is 39.1 Å². The largest absolute Gasteiger partial charge is 0.456 e. The van der Waals surface area contributed by atoms with Crippen LogP contribution in [0.1, 0.15) is 37.2 Å². The average Bonchev–Trinajstić information content (AvgIpc) is 4.10. The Labute approximate surface area is 361 Å². The Morgan fingerprint density at radius 2 is 0.855 bits per heavy atom. The van der Waals surface area contributed by atoms with Gasteiger partial charge in [-0.25, -0.2) is 0 Å². The second kappa shape index (κ2) is 15.1. The lowest BCUT2D eigenvalue weighted by atomic mass is 9.96. The van der Waals surface area contributed by atoms with Crippen LogP contribution in [-0.2, 0) is 0 Å². The molecule has 296 valence electrons. The maximum absolute atomic E-state index is 6.39. The molecular formula is C59H44N2O. The molecule has 0 aliphatic heterocycles. The highest BCUT2D eigenvalue weighted by molar-refractivity contribution is 6.11. The predicted molar refractivity (Wildman–Crippen MR) is 260 cm³/mol. The highest BCUT2D eigenvalue weighted by atomic mass is 16.3. The van der Waals surface area contributed by atoms with E-state index in [1.807, 2.05) is 0 Å². The standard InChI is InChI=1S/C59H44N2O/c1-3-11-40(12-4-1)43-19-27-48(28-20-43)60(49-29-21-44(22-30-49)41-13-5-2-6-14-41)50-31-23-45(24-32-50)46-25-34-57-53(37-46)52-17-9-10-18-56(52)61(57)51-33-36-59-55(39-51)54-38-47(26-35-58(54)62-59)42-15-7-8-16-42/h1-6,9-14,17-39,42H,7-8,15-16H2. The van der Waals surface area contributed by atoms with E-state index < -0.39 is 0 Å². The number of rotatable bonds is 8. The van der Waals surface area contributed by atoms with Crippen LogP contribution in [0.2, 0.25) is 0 Å². The number of para-hydroxylation sites is 1. The quantitative estimate of drug-likeness (QED) is 0.153. The Balaban J connectivity index is 0.913. The van der Waals surface area contributed by atoms with E-state index in [1.54, 1.807) is 0 Å². The van der Waals surface area contributed by atoms with Gasteiger partial charge in [-0.2, -0.15) is 0 Å². The Morgan fingerprint density at radius 1 is 0.371 bits per heavy atom. The van der Waals surface area contributed by atoms with Gasteiger partial charge in [-0.05, 0) is 143 Å². The van der Waals surface area contributed by atoms with Gasteiger partial charge in [0, 0.05) is 44.3 Å². The summed E-state index contributed by atoms with van der Waals surface area (Å²) in [7, 11) is 0. The molecule has 0 saturated heterocycles. The number of hydrogen-bond acceptors (Lipinski definition) is 2. The Hall–Kier alpha value is -7.62. The van der Waals surface area contributed by atoms with Gasteiger partial charge in [0.25, 0.3) is 0 Å². The van der Waals surface area contributed by atoms with Crippen molar-refractivity contribution in [2.24, 2.45) is 0 Å². The van der Waals surface area contributed by atoms with Crippen molar-refractivity contribution in [3.63, 3.8) is 0 Å². The second-order valence-corrected chi connectivity index (χ2v) is 16.8. The first-order valence-corrected chi connectivity index (χ1v) is 21.9. The fraction of sp³-hybridized carbons (Fsp3) is 0.0847. The molecule has 1 fully saturated rings. The topological polar surface area (TPSA) is 21.3 Å². The zero-order valence-corrected chi connectivity index (χ0v) is 34.4. The average molecular weight is 797 g/mol. The van der Waals surface area contributed by atoms with Gasteiger partial charge in [0.1, 0.15) is 11.2 Å². The Kier molecular flexibility index (Phi) is 8.85. The van der Waals surface area contributed by atoms with E-state index in [0.29, 0.717) is 5.92 Å². The summed E-state index contributed by atoms with van der Waals surface area (Å²) in [6.07, 6.45) is 5.22. The van der Waals surface area contributed by atoms with Crippen LogP contribution in [-0.4, -0.2) is 4.57 Å². The van der Waals surface area contributed by atoms with Crippen LogP contribution in [0.4, 0.5) is 17.1 Å². The lowest BCUT2D eigenvalue weighted by Gasteiger charge is -2.26. The highest BCUT2D eigenvalue weighted by Gasteiger charge is 2.20. The van der Waals surface area contributed by atoms with Crippen molar-refractivity contribution in [3.05, 3.63) is 218 Å². The molecule has 0 radical (unpaired) electrons. The maximum Gasteiger partial charge on any atom is 0.135 e. The molecule has 0 N–H and O–H groups in total. The molecule has 1 aliphatic rings. The van der Waals surface area contributed by atoms with E-state index in [1.165, 1.54) is 97.2 Å². The maximum atomic E-state index is 6.39. The van der Waals surface area contributed by atoms with Gasteiger partial charge >= 0.3 is 0 Å². The number of aromatic nitrogens is 1. The predicted octanol–water partition coefficient (Wildman–Crippen LogP) is 16.8. The smallest absolute Gasteiger partial charge is 0.135 e. The summed E-state index contributed by atoms with van der Waals surface area (Å²) < 4.78 is 8.80. The minimum atomic E-state index is 0.657. The molecule has 2 heterocycles.